The quantitative estimate of drug-likeness (QED) is 0.470. The molecule has 0 aromatic heterocycles. The molecule has 4 aliphatic rings. The molecular formula is C23H36O2. The van der Waals surface area contributed by atoms with Crippen LogP contribution in [0.2, 0.25) is 0 Å². The van der Waals surface area contributed by atoms with Gasteiger partial charge in [0.1, 0.15) is 6.10 Å². The number of fused-ring (bicyclic) bond motifs is 5. The summed E-state index contributed by atoms with van der Waals surface area (Å²) in [5, 5.41) is 0. The second-order valence-corrected chi connectivity index (χ2v) is 10.1. The van der Waals surface area contributed by atoms with Crippen molar-refractivity contribution in [3.63, 3.8) is 0 Å². The SMILES string of the molecule is C=C[C@H]1CC[C@H]2[C@@H]3CC[C@H]4C[C@@H](OC(C)=O)CC[C@]4(C)[C@H]3CC[C@]12C. The maximum Gasteiger partial charge on any atom is 0.302 e. The first-order valence-electron chi connectivity index (χ1n) is 10.7. The molecule has 2 heteroatoms. The molecule has 140 valence electrons. The van der Waals surface area contributed by atoms with Crippen LogP contribution in [0.15, 0.2) is 12.7 Å². The summed E-state index contributed by atoms with van der Waals surface area (Å²) < 4.78 is 5.59. The second-order valence-electron chi connectivity index (χ2n) is 10.1. The molecule has 0 spiro atoms. The van der Waals surface area contributed by atoms with Crippen molar-refractivity contribution in [2.24, 2.45) is 40.4 Å². The van der Waals surface area contributed by atoms with Crippen LogP contribution >= 0.6 is 0 Å². The summed E-state index contributed by atoms with van der Waals surface area (Å²) in [6, 6.07) is 0. The molecule has 0 aromatic rings. The lowest BCUT2D eigenvalue weighted by atomic mass is 9.44. The minimum atomic E-state index is -0.0999. The maximum absolute atomic E-state index is 11.4. The van der Waals surface area contributed by atoms with Gasteiger partial charge in [-0.25, -0.2) is 0 Å². The van der Waals surface area contributed by atoms with Gasteiger partial charge in [0.05, 0.1) is 0 Å². The third kappa shape index (κ3) is 2.61. The average molecular weight is 345 g/mol. The molecule has 4 rings (SSSR count). The van der Waals surface area contributed by atoms with Crippen molar-refractivity contribution < 1.29 is 9.53 Å². The van der Waals surface area contributed by atoms with Crippen LogP contribution < -0.4 is 0 Å². The minimum Gasteiger partial charge on any atom is -0.463 e. The number of ether oxygens (including phenoxy) is 1. The van der Waals surface area contributed by atoms with Gasteiger partial charge >= 0.3 is 5.97 Å². The molecule has 25 heavy (non-hydrogen) atoms. The third-order valence-electron chi connectivity index (χ3n) is 9.31. The Morgan fingerprint density at radius 3 is 2.44 bits per heavy atom. The van der Waals surface area contributed by atoms with Gasteiger partial charge < -0.3 is 4.74 Å². The van der Waals surface area contributed by atoms with Crippen LogP contribution in [0.5, 0.6) is 0 Å². The fraction of sp³-hybridized carbons (Fsp3) is 0.870. The van der Waals surface area contributed by atoms with Crippen LogP contribution in [0, 0.1) is 40.4 Å². The Labute approximate surface area is 153 Å². The number of hydrogen-bond donors (Lipinski definition) is 0. The molecular weight excluding hydrogens is 308 g/mol. The maximum atomic E-state index is 11.4. The fourth-order valence-electron chi connectivity index (χ4n) is 7.99. The summed E-state index contributed by atoms with van der Waals surface area (Å²) in [6.07, 6.45) is 14.2. The number of carbonyl (C=O) groups is 1. The van der Waals surface area contributed by atoms with Crippen molar-refractivity contribution in [3.8, 4) is 0 Å². The summed E-state index contributed by atoms with van der Waals surface area (Å²) in [5.74, 6) is 4.13. The van der Waals surface area contributed by atoms with Crippen molar-refractivity contribution in [1.82, 2.24) is 0 Å². The molecule has 8 atom stereocenters. The summed E-state index contributed by atoms with van der Waals surface area (Å²) in [6.45, 7) is 10.9. The molecule has 0 radical (unpaired) electrons. The first kappa shape index (κ1) is 17.6. The molecule has 2 nitrogen and oxygen atoms in total. The zero-order valence-corrected chi connectivity index (χ0v) is 16.4. The van der Waals surface area contributed by atoms with Crippen LogP contribution in [0.4, 0.5) is 0 Å². The van der Waals surface area contributed by atoms with E-state index in [-0.39, 0.29) is 12.1 Å². The highest BCUT2D eigenvalue weighted by Gasteiger charge is 2.59. The van der Waals surface area contributed by atoms with Crippen molar-refractivity contribution >= 4 is 5.97 Å². The molecule has 0 aromatic carbocycles. The van der Waals surface area contributed by atoms with Crippen molar-refractivity contribution in [2.75, 3.05) is 0 Å². The van der Waals surface area contributed by atoms with E-state index < -0.39 is 0 Å². The number of rotatable bonds is 2. The van der Waals surface area contributed by atoms with Gasteiger partial charge in [-0.1, -0.05) is 19.9 Å². The standard InChI is InChI=1S/C23H36O2/c1-5-16-7-9-20-19-8-6-17-14-18(25-15(2)24)10-12-23(17,4)21(19)11-13-22(16,20)3/h5,16-21H,1,6-14H2,2-4H3/t16-,17-,18-,19-,20-,21-,22+,23-/m0/s1. The predicted octanol–water partition coefficient (Wildman–Crippen LogP) is 5.76. The molecule has 0 aliphatic heterocycles. The van der Waals surface area contributed by atoms with Crippen LogP contribution in [0.3, 0.4) is 0 Å². The van der Waals surface area contributed by atoms with Crippen LogP contribution in [0.25, 0.3) is 0 Å². The fourth-order valence-corrected chi connectivity index (χ4v) is 7.99. The smallest absolute Gasteiger partial charge is 0.302 e. The Balaban J connectivity index is 1.53. The zero-order valence-electron chi connectivity index (χ0n) is 16.4. The molecule has 0 bridgehead atoms. The number of allylic oxidation sites excluding steroid dienone is 1. The highest BCUT2D eigenvalue weighted by atomic mass is 16.5. The molecule has 0 N–H and O–H groups in total. The second kappa shape index (κ2) is 6.13. The zero-order chi connectivity index (χ0) is 17.8. The van der Waals surface area contributed by atoms with Crippen LogP contribution in [0.1, 0.15) is 78.6 Å². The van der Waals surface area contributed by atoms with E-state index in [9.17, 15) is 4.79 Å². The van der Waals surface area contributed by atoms with Crippen molar-refractivity contribution in [2.45, 2.75) is 84.7 Å². The molecule has 0 unspecified atom stereocenters. The normalized spacial score (nSPS) is 51.8. The number of esters is 1. The van der Waals surface area contributed by atoms with E-state index in [1.807, 2.05) is 0 Å². The van der Waals surface area contributed by atoms with E-state index in [0.717, 1.165) is 42.4 Å². The molecule has 4 saturated carbocycles. The topological polar surface area (TPSA) is 26.3 Å². The molecule has 4 fully saturated rings. The Morgan fingerprint density at radius 1 is 1.00 bits per heavy atom. The van der Waals surface area contributed by atoms with E-state index in [1.165, 1.54) is 44.9 Å². The highest BCUT2D eigenvalue weighted by Crippen LogP contribution is 2.67. The van der Waals surface area contributed by atoms with E-state index in [0.29, 0.717) is 10.8 Å². The van der Waals surface area contributed by atoms with Crippen LogP contribution in [-0.2, 0) is 9.53 Å². The lowest BCUT2D eigenvalue weighted by molar-refractivity contribution is -0.159. The number of hydrogen-bond acceptors (Lipinski definition) is 2. The van der Waals surface area contributed by atoms with Gasteiger partial charge in [0.15, 0.2) is 0 Å². The Bertz CT molecular complexity index is 554. The average Bonchev–Trinajstić information content (AvgIpc) is 2.91. The van der Waals surface area contributed by atoms with Gasteiger partial charge in [-0.2, -0.15) is 0 Å². The summed E-state index contributed by atoms with van der Waals surface area (Å²) in [5.41, 5.74) is 0.994. The van der Waals surface area contributed by atoms with Gasteiger partial charge in [0.2, 0.25) is 0 Å². The van der Waals surface area contributed by atoms with E-state index in [4.69, 9.17) is 4.74 Å². The van der Waals surface area contributed by atoms with Gasteiger partial charge in [-0.05, 0) is 98.2 Å². The molecule has 0 amide bonds. The van der Waals surface area contributed by atoms with E-state index in [2.05, 4.69) is 26.5 Å². The van der Waals surface area contributed by atoms with Gasteiger partial charge in [-0.3, -0.25) is 4.79 Å². The van der Waals surface area contributed by atoms with Crippen molar-refractivity contribution in [1.29, 1.82) is 0 Å². The van der Waals surface area contributed by atoms with Gasteiger partial charge in [0, 0.05) is 6.92 Å². The lowest BCUT2D eigenvalue weighted by Gasteiger charge is -2.61. The summed E-state index contributed by atoms with van der Waals surface area (Å²) in [4.78, 5) is 11.4. The Kier molecular flexibility index (Phi) is 4.32. The van der Waals surface area contributed by atoms with E-state index in [1.54, 1.807) is 6.92 Å². The largest absolute Gasteiger partial charge is 0.463 e. The molecule has 4 aliphatic carbocycles. The van der Waals surface area contributed by atoms with Crippen LogP contribution in [-0.4, -0.2) is 12.1 Å². The highest BCUT2D eigenvalue weighted by molar-refractivity contribution is 5.66. The summed E-state index contributed by atoms with van der Waals surface area (Å²) >= 11 is 0. The predicted molar refractivity (Wildman–Crippen MR) is 101 cm³/mol. The van der Waals surface area contributed by atoms with Gasteiger partial charge in [0.25, 0.3) is 0 Å². The third-order valence-corrected chi connectivity index (χ3v) is 9.31. The Morgan fingerprint density at radius 2 is 1.72 bits per heavy atom. The molecule has 0 heterocycles. The molecule has 0 saturated heterocycles. The Hall–Kier alpha value is -0.790. The van der Waals surface area contributed by atoms with E-state index >= 15 is 0 Å². The van der Waals surface area contributed by atoms with Gasteiger partial charge in [-0.15, -0.1) is 6.58 Å². The van der Waals surface area contributed by atoms with Crippen molar-refractivity contribution in [3.05, 3.63) is 12.7 Å². The minimum absolute atomic E-state index is 0.0999. The first-order valence-corrected chi connectivity index (χ1v) is 10.7. The lowest BCUT2D eigenvalue weighted by Crippen LogP contribution is -2.54. The number of carbonyl (C=O) groups excluding carboxylic acids is 1. The summed E-state index contributed by atoms with van der Waals surface area (Å²) in [7, 11) is 0. The monoisotopic (exact) mass is 344 g/mol. The first-order chi connectivity index (χ1) is 11.9.